The van der Waals surface area contributed by atoms with Crippen LogP contribution >= 0.6 is 0 Å². The molecule has 2 N–H and O–H groups in total. The van der Waals surface area contributed by atoms with Gasteiger partial charge in [0.2, 0.25) is 0 Å². The third kappa shape index (κ3) is 1.39. The molecule has 0 aliphatic rings. The molecule has 10 heavy (non-hydrogen) atoms. The Hall–Kier alpha value is -1.22. The van der Waals surface area contributed by atoms with Crippen molar-refractivity contribution < 1.29 is 4.79 Å². The summed E-state index contributed by atoms with van der Waals surface area (Å²) < 4.78 is 0. The first kappa shape index (κ1) is 6.89. The molecule has 0 unspecified atom stereocenters. The standard InChI is InChI=1S/C7H8N2O/c8-4-7-3-6(5-10)1-2-9-7/h1-3,5H,4,8H2. The molecule has 0 radical (unpaired) electrons. The van der Waals surface area contributed by atoms with Crippen LogP contribution in [0.25, 0.3) is 0 Å². The third-order valence-corrected chi connectivity index (χ3v) is 1.19. The second-order valence-corrected chi connectivity index (χ2v) is 1.90. The fraction of sp³-hybridized carbons (Fsp3) is 0.143. The number of nitrogens with two attached hydrogens (primary N) is 1. The van der Waals surface area contributed by atoms with Crippen molar-refractivity contribution in [3.8, 4) is 0 Å². The van der Waals surface area contributed by atoms with E-state index in [0.717, 1.165) is 12.0 Å². The molecule has 3 heteroatoms. The van der Waals surface area contributed by atoms with Gasteiger partial charge >= 0.3 is 0 Å². The van der Waals surface area contributed by atoms with E-state index in [0.29, 0.717) is 12.1 Å². The fourth-order valence-corrected chi connectivity index (χ4v) is 0.682. The lowest BCUT2D eigenvalue weighted by atomic mass is 10.2. The lowest BCUT2D eigenvalue weighted by Gasteiger charge is -1.93. The summed E-state index contributed by atoms with van der Waals surface area (Å²) in [5.74, 6) is 0. The van der Waals surface area contributed by atoms with Crippen LogP contribution in [-0.2, 0) is 6.54 Å². The van der Waals surface area contributed by atoms with Gasteiger partial charge in [0.15, 0.2) is 0 Å². The average molecular weight is 136 g/mol. The number of nitrogens with zero attached hydrogens (tertiary/aromatic N) is 1. The molecule has 3 nitrogen and oxygen atoms in total. The van der Waals surface area contributed by atoms with E-state index in [-0.39, 0.29) is 0 Å². The molecule has 1 rings (SSSR count). The van der Waals surface area contributed by atoms with E-state index in [4.69, 9.17) is 5.73 Å². The Balaban J connectivity index is 2.98. The zero-order chi connectivity index (χ0) is 7.40. The van der Waals surface area contributed by atoms with Crippen LogP contribution in [0.4, 0.5) is 0 Å². The number of pyridine rings is 1. The SMILES string of the molecule is NCc1cc(C=O)ccn1. The van der Waals surface area contributed by atoms with Gasteiger partial charge in [0.25, 0.3) is 0 Å². The Labute approximate surface area is 58.9 Å². The van der Waals surface area contributed by atoms with E-state index in [2.05, 4.69) is 4.98 Å². The van der Waals surface area contributed by atoms with Crippen LogP contribution in [0.3, 0.4) is 0 Å². The van der Waals surface area contributed by atoms with Crippen molar-refractivity contribution in [1.29, 1.82) is 0 Å². The highest BCUT2D eigenvalue weighted by Crippen LogP contribution is 1.96. The molecule has 0 aliphatic carbocycles. The van der Waals surface area contributed by atoms with Crippen molar-refractivity contribution in [2.75, 3.05) is 0 Å². The summed E-state index contributed by atoms with van der Waals surface area (Å²) in [6, 6.07) is 3.32. The first-order valence-corrected chi connectivity index (χ1v) is 2.97. The molecule has 0 amide bonds. The summed E-state index contributed by atoms with van der Waals surface area (Å²) in [5, 5.41) is 0. The molecule has 1 heterocycles. The minimum atomic E-state index is 0.377. The van der Waals surface area contributed by atoms with Gasteiger partial charge in [-0.25, -0.2) is 0 Å². The number of carbonyl (C=O) groups excluding carboxylic acids is 1. The van der Waals surface area contributed by atoms with Crippen LogP contribution < -0.4 is 5.73 Å². The molecule has 1 aromatic rings. The second-order valence-electron chi connectivity index (χ2n) is 1.90. The van der Waals surface area contributed by atoms with Crippen LogP contribution in [-0.4, -0.2) is 11.3 Å². The number of hydrogen-bond acceptors (Lipinski definition) is 3. The summed E-state index contributed by atoms with van der Waals surface area (Å²) in [4.78, 5) is 14.1. The summed E-state index contributed by atoms with van der Waals surface area (Å²) in [7, 11) is 0. The molecule has 1 aromatic heterocycles. The molecule has 0 saturated carbocycles. The molecule has 0 saturated heterocycles. The van der Waals surface area contributed by atoms with Crippen molar-refractivity contribution in [2.45, 2.75) is 6.54 Å². The minimum Gasteiger partial charge on any atom is -0.325 e. The van der Waals surface area contributed by atoms with Gasteiger partial charge in [-0.1, -0.05) is 0 Å². The first-order valence-electron chi connectivity index (χ1n) is 2.97. The Morgan fingerprint density at radius 3 is 3.10 bits per heavy atom. The monoisotopic (exact) mass is 136 g/mol. The van der Waals surface area contributed by atoms with Crippen molar-refractivity contribution in [3.63, 3.8) is 0 Å². The topological polar surface area (TPSA) is 56.0 Å². The van der Waals surface area contributed by atoms with E-state index < -0.39 is 0 Å². The first-order chi connectivity index (χ1) is 4.86. The molecular formula is C7H8N2O. The highest BCUT2D eigenvalue weighted by atomic mass is 16.1. The normalized spacial score (nSPS) is 9.30. The maximum atomic E-state index is 10.2. The molecule has 0 aliphatic heterocycles. The van der Waals surface area contributed by atoms with Crippen LogP contribution in [0, 0.1) is 0 Å². The van der Waals surface area contributed by atoms with Gasteiger partial charge < -0.3 is 5.73 Å². The molecule has 0 aromatic carbocycles. The molecular weight excluding hydrogens is 128 g/mol. The van der Waals surface area contributed by atoms with Gasteiger partial charge in [0.1, 0.15) is 6.29 Å². The third-order valence-electron chi connectivity index (χ3n) is 1.19. The number of aromatic nitrogens is 1. The Kier molecular flexibility index (Phi) is 2.12. The van der Waals surface area contributed by atoms with E-state index in [1.807, 2.05) is 0 Å². The lowest BCUT2D eigenvalue weighted by Crippen LogP contribution is -1.99. The van der Waals surface area contributed by atoms with Gasteiger partial charge in [-0.15, -0.1) is 0 Å². The van der Waals surface area contributed by atoms with Gasteiger partial charge in [-0.3, -0.25) is 9.78 Å². The van der Waals surface area contributed by atoms with Crippen LogP contribution in [0.5, 0.6) is 0 Å². The van der Waals surface area contributed by atoms with Crippen molar-refractivity contribution in [1.82, 2.24) is 4.98 Å². The summed E-state index contributed by atoms with van der Waals surface area (Å²) in [6.45, 7) is 0.377. The molecule has 0 spiro atoms. The summed E-state index contributed by atoms with van der Waals surface area (Å²) >= 11 is 0. The van der Waals surface area contributed by atoms with Gasteiger partial charge in [0, 0.05) is 18.3 Å². The van der Waals surface area contributed by atoms with E-state index in [1.54, 1.807) is 18.3 Å². The Morgan fingerprint density at radius 1 is 1.70 bits per heavy atom. The van der Waals surface area contributed by atoms with Gasteiger partial charge in [0.05, 0.1) is 5.69 Å². The van der Waals surface area contributed by atoms with Crippen LogP contribution in [0.15, 0.2) is 18.3 Å². The summed E-state index contributed by atoms with van der Waals surface area (Å²) in [5.41, 5.74) is 6.66. The largest absolute Gasteiger partial charge is 0.325 e. The minimum absolute atomic E-state index is 0.377. The number of hydrogen-bond donors (Lipinski definition) is 1. The predicted molar refractivity (Wildman–Crippen MR) is 37.5 cm³/mol. The van der Waals surface area contributed by atoms with Crippen LogP contribution in [0.1, 0.15) is 16.1 Å². The molecule has 0 bridgehead atoms. The second kappa shape index (κ2) is 3.08. The fourth-order valence-electron chi connectivity index (χ4n) is 0.682. The van der Waals surface area contributed by atoms with Crippen molar-refractivity contribution >= 4 is 6.29 Å². The highest BCUT2D eigenvalue weighted by Gasteiger charge is 1.91. The Bertz CT molecular complexity index is 235. The number of rotatable bonds is 2. The highest BCUT2D eigenvalue weighted by molar-refractivity contribution is 5.74. The van der Waals surface area contributed by atoms with E-state index in [1.165, 1.54) is 0 Å². The summed E-state index contributed by atoms with van der Waals surface area (Å²) in [6.07, 6.45) is 2.35. The smallest absolute Gasteiger partial charge is 0.150 e. The maximum absolute atomic E-state index is 10.2. The number of aldehydes is 1. The Morgan fingerprint density at radius 2 is 2.50 bits per heavy atom. The zero-order valence-corrected chi connectivity index (χ0v) is 5.45. The van der Waals surface area contributed by atoms with Crippen LogP contribution in [0.2, 0.25) is 0 Å². The molecule has 0 atom stereocenters. The van der Waals surface area contributed by atoms with Gasteiger partial charge in [-0.2, -0.15) is 0 Å². The van der Waals surface area contributed by atoms with E-state index in [9.17, 15) is 4.79 Å². The molecule has 0 fully saturated rings. The van der Waals surface area contributed by atoms with Crippen molar-refractivity contribution in [3.05, 3.63) is 29.6 Å². The lowest BCUT2D eigenvalue weighted by molar-refractivity contribution is 0.112. The average Bonchev–Trinajstić information content (AvgIpc) is 2.05. The van der Waals surface area contributed by atoms with E-state index >= 15 is 0 Å². The van der Waals surface area contributed by atoms with Crippen molar-refractivity contribution in [2.24, 2.45) is 5.73 Å². The quantitative estimate of drug-likeness (QED) is 0.597. The van der Waals surface area contributed by atoms with Gasteiger partial charge in [-0.05, 0) is 12.1 Å². The predicted octanol–water partition coefficient (Wildman–Crippen LogP) is 0.353. The molecule has 52 valence electrons. The maximum Gasteiger partial charge on any atom is 0.150 e. The zero-order valence-electron chi connectivity index (χ0n) is 5.45. The number of carbonyl (C=O) groups is 1.